The van der Waals surface area contributed by atoms with Gasteiger partial charge in [-0.15, -0.1) is 0 Å². The number of hydrogen-bond donors (Lipinski definition) is 1. The molecule has 9 heteroatoms. The van der Waals surface area contributed by atoms with Gasteiger partial charge in [-0.05, 0) is 73.8 Å². The Morgan fingerprint density at radius 2 is 1.64 bits per heavy atom. The molecule has 2 aromatic heterocycles. The molecule has 2 amide bonds. The van der Waals surface area contributed by atoms with Crippen LogP contribution in [0.3, 0.4) is 0 Å². The molecule has 0 atom stereocenters. The van der Waals surface area contributed by atoms with E-state index in [0.29, 0.717) is 11.1 Å². The van der Waals surface area contributed by atoms with Gasteiger partial charge in [-0.3, -0.25) is 29.2 Å². The maximum Gasteiger partial charge on any atom is 0.293 e. The molecule has 0 unspecified atom stereocenters. The van der Waals surface area contributed by atoms with Gasteiger partial charge in [0.05, 0.1) is 17.1 Å². The molecule has 4 aromatic rings. The first-order valence-corrected chi connectivity index (χ1v) is 15.7. The third kappa shape index (κ3) is 7.12. The third-order valence-corrected chi connectivity index (χ3v) is 8.42. The number of nitriles is 1. The number of amides is 2. The minimum Gasteiger partial charge on any atom is -0.451 e. The molecule has 236 valence electrons. The number of aryl methyl sites for hydroxylation is 1. The van der Waals surface area contributed by atoms with Crippen LogP contribution in [0.25, 0.3) is 21.9 Å². The molecule has 0 aliphatic carbocycles. The Morgan fingerprint density at radius 3 is 2.31 bits per heavy atom. The minimum atomic E-state index is -0.671. The normalized spacial score (nSPS) is 14.6. The van der Waals surface area contributed by atoms with Gasteiger partial charge < -0.3 is 9.32 Å². The molecule has 1 aliphatic rings. The number of rotatable bonds is 7. The topological polar surface area (TPSA) is 112 Å². The maximum absolute atomic E-state index is 13.1. The SMILES string of the molecule is CC(C)(C)C(=O)NC(=O)c1cc2cc(N3CCN(CCCCc4cn(C(=O)C(C)(C)C)c5ccc(C#N)cc45)CC3)ccc2o1. The van der Waals surface area contributed by atoms with Gasteiger partial charge in [0.1, 0.15) is 5.58 Å². The zero-order chi connectivity index (χ0) is 32.5. The Labute approximate surface area is 264 Å². The molecule has 45 heavy (non-hydrogen) atoms. The van der Waals surface area contributed by atoms with Gasteiger partial charge in [-0.25, -0.2) is 0 Å². The van der Waals surface area contributed by atoms with Crippen LogP contribution in [0.2, 0.25) is 0 Å². The van der Waals surface area contributed by atoms with Gasteiger partial charge in [0.15, 0.2) is 5.76 Å². The second-order valence-electron chi connectivity index (χ2n) is 14.1. The molecule has 0 saturated carbocycles. The van der Waals surface area contributed by atoms with Crippen LogP contribution in [-0.4, -0.2) is 59.9 Å². The van der Waals surface area contributed by atoms with Gasteiger partial charge >= 0.3 is 0 Å². The van der Waals surface area contributed by atoms with Gasteiger partial charge in [0, 0.05) is 59.7 Å². The van der Waals surface area contributed by atoms with E-state index in [4.69, 9.17) is 4.42 Å². The number of unbranched alkanes of at least 4 members (excludes halogenated alkanes) is 1. The molecule has 5 rings (SSSR count). The van der Waals surface area contributed by atoms with Crippen LogP contribution < -0.4 is 10.2 Å². The van der Waals surface area contributed by atoms with E-state index in [1.165, 1.54) is 0 Å². The van der Waals surface area contributed by atoms with Gasteiger partial charge in [-0.2, -0.15) is 5.26 Å². The summed E-state index contributed by atoms with van der Waals surface area (Å²) >= 11 is 0. The van der Waals surface area contributed by atoms with E-state index in [-0.39, 0.29) is 17.6 Å². The van der Waals surface area contributed by atoms with Crippen molar-refractivity contribution in [2.24, 2.45) is 10.8 Å². The summed E-state index contributed by atoms with van der Waals surface area (Å²) in [6.07, 6.45) is 4.86. The second-order valence-corrected chi connectivity index (χ2v) is 14.1. The maximum atomic E-state index is 13.1. The van der Waals surface area contributed by atoms with Crippen molar-refractivity contribution in [3.8, 4) is 6.07 Å². The fourth-order valence-electron chi connectivity index (χ4n) is 5.67. The second kappa shape index (κ2) is 12.5. The van der Waals surface area contributed by atoms with Crippen molar-refractivity contribution in [2.75, 3.05) is 37.6 Å². The monoisotopic (exact) mass is 609 g/mol. The molecule has 0 bridgehead atoms. The summed E-state index contributed by atoms with van der Waals surface area (Å²) < 4.78 is 7.49. The molecular formula is C36H43N5O4. The van der Waals surface area contributed by atoms with Crippen LogP contribution >= 0.6 is 0 Å². The molecule has 9 nitrogen and oxygen atoms in total. The Bertz CT molecular complexity index is 1790. The first-order chi connectivity index (χ1) is 21.2. The number of carbonyl (C=O) groups is 3. The van der Waals surface area contributed by atoms with Crippen LogP contribution in [0.15, 0.2) is 53.1 Å². The third-order valence-electron chi connectivity index (χ3n) is 8.42. The minimum absolute atomic E-state index is 0.0479. The molecule has 1 aliphatic heterocycles. The van der Waals surface area contributed by atoms with Crippen molar-refractivity contribution in [1.29, 1.82) is 5.26 Å². The Morgan fingerprint density at radius 1 is 0.911 bits per heavy atom. The van der Waals surface area contributed by atoms with E-state index < -0.39 is 16.7 Å². The number of benzene rings is 2. The molecule has 1 N–H and O–H groups in total. The number of furan rings is 1. The number of hydrogen-bond acceptors (Lipinski definition) is 7. The molecule has 0 spiro atoms. The molecule has 2 aromatic carbocycles. The number of fused-ring (bicyclic) bond motifs is 2. The quantitative estimate of drug-likeness (QED) is 0.242. The highest BCUT2D eigenvalue weighted by Gasteiger charge is 2.27. The average Bonchev–Trinajstić information content (AvgIpc) is 3.59. The summed E-state index contributed by atoms with van der Waals surface area (Å²) in [5.74, 6) is -0.703. The van der Waals surface area contributed by atoms with Crippen LogP contribution in [0.5, 0.6) is 0 Å². The lowest BCUT2D eigenvalue weighted by molar-refractivity contribution is -0.127. The number of piperazine rings is 1. The summed E-state index contributed by atoms with van der Waals surface area (Å²) in [6.45, 7) is 15.8. The van der Waals surface area contributed by atoms with Crippen molar-refractivity contribution < 1.29 is 18.8 Å². The predicted octanol–water partition coefficient (Wildman–Crippen LogP) is 6.39. The average molecular weight is 610 g/mol. The smallest absolute Gasteiger partial charge is 0.293 e. The zero-order valence-corrected chi connectivity index (χ0v) is 27.2. The van der Waals surface area contributed by atoms with Crippen molar-refractivity contribution in [3.63, 3.8) is 0 Å². The Balaban J connectivity index is 1.14. The Hall–Kier alpha value is -4.42. The summed E-state index contributed by atoms with van der Waals surface area (Å²) in [5.41, 5.74) is 3.10. The van der Waals surface area contributed by atoms with Gasteiger partial charge in [0.25, 0.3) is 5.91 Å². The molecule has 1 saturated heterocycles. The van der Waals surface area contributed by atoms with Crippen LogP contribution in [-0.2, 0) is 11.2 Å². The number of nitrogens with zero attached hydrogens (tertiary/aromatic N) is 4. The summed E-state index contributed by atoms with van der Waals surface area (Å²) in [6, 6.07) is 15.4. The lowest BCUT2D eigenvalue weighted by atomic mass is 9.95. The van der Waals surface area contributed by atoms with Crippen molar-refractivity contribution >= 4 is 45.3 Å². The highest BCUT2D eigenvalue weighted by Crippen LogP contribution is 2.29. The van der Waals surface area contributed by atoms with Crippen molar-refractivity contribution in [3.05, 3.63) is 65.5 Å². The van der Waals surface area contributed by atoms with E-state index in [1.807, 2.05) is 57.3 Å². The first-order valence-electron chi connectivity index (χ1n) is 15.7. The van der Waals surface area contributed by atoms with E-state index >= 15 is 0 Å². The van der Waals surface area contributed by atoms with E-state index in [2.05, 4.69) is 21.2 Å². The first kappa shape index (κ1) is 32.0. The van der Waals surface area contributed by atoms with Crippen molar-refractivity contribution in [1.82, 2.24) is 14.8 Å². The van der Waals surface area contributed by atoms with E-state index in [1.54, 1.807) is 37.5 Å². The Kier molecular flexibility index (Phi) is 8.90. The number of anilines is 1. The molecular weight excluding hydrogens is 566 g/mol. The lowest BCUT2D eigenvalue weighted by Crippen LogP contribution is -2.46. The fraction of sp³-hybridized carbons (Fsp3) is 0.444. The highest BCUT2D eigenvalue weighted by molar-refractivity contribution is 6.06. The number of nitrogens with one attached hydrogen (secondary N) is 1. The van der Waals surface area contributed by atoms with Crippen molar-refractivity contribution in [2.45, 2.75) is 60.8 Å². The lowest BCUT2D eigenvalue weighted by Gasteiger charge is -2.36. The molecule has 3 heterocycles. The van der Waals surface area contributed by atoms with Gasteiger partial charge in [-0.1, -0.05) is 41.5 Å². The highest BCUT2D eigenvalue weighted by atomic mass is 16.3. The van der Waals surface area contributed by atoms with Crippen LogP contribution in [0, 0.1) is 22.2 Å². The van der Waals surface area contributed by atoms with Crippen LogP contribution in [0.1, 0.15) is 80.9 Å². The largest absolute Gasteiger partial charge is 0.451 e. The standard InChI is InChI=1S/C36H43N5O4/c1-35(2,3)33(43)38-32(42)31-21-26-20-27(11-13-30(26)45-31)40-17-15-39(16-18-40)14-8-7-9-25-23-41(34(44)36(4,5)6)29-12-10-24(22-37)19-28(25)29/h10-13,19-21,23H,7-9,14-18H2,1-6H3,(H,38,42,43). The van der Waals surface area contributed by atoms with Crippen LogP contribution in [0.4, 0.5) is 5.69 Å². The fourth-order valence-corrected chi connectivity index (χ4v) is 5.67. The number of imide groups is 1. The van der Waals surface area contributed by atoms with E-state index in [0.717, 1.165) is 79.5 Å². The summed E-state index contributed by atoms with van der Waals surface area (Å²) in [5, 5.41) is 13.7. The molecule has 1 fully saturated rings. The number of carbonyl (C=O) groups excluding carboxylic acids is 3. The number of aromatic nitrogens is 1. The van der Waals surface area contributed by atoms with E-state index in [9.17, 15) is 19.6 Å². The predicted molar refractivity (Wildman–Crippen MR) is 176 cm³/mol. The zero-order valence-electron chi connectivity index (χ0n) is 27.2. The van der Waals surface area contributed by atoms with Gasteiger partial charge in [0.2, 0.25) is 11.8 Å². The summed E-state index contributed by atoms with van der Waals surface area (Å²) in [7, 11) is 0. The summed E-state index contributed by atoms with van der Waals surface area (Å²) in [4.78, 5) is 42.7. The molecule has 0 radical (unpaired) electrons.